The van der Waals surface area contributed by atoms with Gasteiger partial charge >= 0.3 is 10.1 Å². The molecule has 0 heterocycles. The summed E-state index contributed by atoms with van der Waals surface area (Å²) in [6.45, 7) is 14.2. The van der Waals surface area contributed by atoms with E-state index in [2.05, 4.69) is 52.1 Å². The maximum absolute atomic E-state index is 12.5. The van der Waals surface area contributed by atoms with Crippen LogP contribution in [0.3, 0.4) is 0 Å². The average molecular weight is 551 g/mol. The zero-order chi connectivity index (χ0) is 29.0. The van der Waals surface area contributed by atoms with E-state index in [1.165, 1.54) is 30.5 Å². The summed E-state index contributed by atoms with van der Waals surface area (Å²) in [7, 11) is -3.93. The van der Waals surface area contributed by atoms with Gasteiger partial charge in [-0.15, -0.1) is 0 Å². The third-order valence-electron chi connectivity index (χ3n) is 6.23. The summed E-state index contributed by atoms with van der Waals surface area (Å²) < 4.78 is 30.1. The van der Waals surface area contributed by atoms with Gasteiger partial charge < -0.3 is 9.29 Å². The Balaban J connectivity index is 1.59. The highest BCUT2D eigenvalue weighted by atomic mass is 32.2. The van der Waals surface area contributed by atoms with Crippen LogP contribution in [0.1, 0.15) is 75.8 Å². The summed E-state index contributed by atoms with van der Waals surface area (Å²) in [4.78, 5) is 12.5. The molecule has 3 rings (SSSR count). The topological polar surface area (TPSA) is 105 Å². The largest absolute Gasteiger partial charge is 0.507 e. The molecule has 8 heteroatoms. The fraction of sp³-hybridized carbons (Fsp3) is 0.355. The number of hydrogen-bond donors (Lipinski definition) is 2. The quantitative estimate of drug-likeness (QED) is 0.199. The van der Waals surface area contributed by atoms with E-state index in [9.17, 15) is 18.3 Å². The SMILES string of the molecule is Cc1ccc(S(=O)(=O)Oc2ccc(/C=N\NC(=O)CCc3cc(C(C)(C)C)c(O)c(C(C)(C)C)c3)cc2)cc1. The van der Waals surface area contributed by atoms with E-state index in [0.29, 0.717) is 17.7 Å². The van der Waals surface area contributed by atoms with Gasteiger partial charge in [-0.2, -0.15) is 13.5 Å². The maximum atomic E-state index is 12.5. The first-order valence-corrected chi connectivity index (χ1v) is 14.3. The van der Waals surface area contributed by atoms with Gasteiger partial charge in [0.25, 0.3) is 0 Å². The average Bonchev–Trinajstić information content (AvgIpc) is 2.83. The molecule has 0 aliphatic rings. The first-order valence-electron chi connectivity index (χ1n) is 12.9. The lowest BCUT2D eigenvalue weighted by Gasteiger charge is -2.28. The smallest absolute Gasteiger partial charge is 0.339 e. The molecule has 0 aliphatic heterocycles. The molecule has 0 aliphatic carbocycles. The molecule has 0 bridgehead atoms. The second kappa shape index (κ2) is 11.6. The predicted octanol–water partition coefficient (Wildman–Crippen LogP) is 6.15. The lowest BCUT2D eigenvalue weighted by molar-refractivity contribution is -0.121. The summed E-state index contributed by atoms with van der Waals surface area (Å²) in [5.41, 5.74) is 6.39. The van der Waals surface area contributed by atoms with Crippen LogP contribution in [0.5, 0.6) is 11.5 Å². The standard InChI is InChI=1S/C31H38N2O5S/c1-21-8-15-25(16-9-21)39(36,37)38-24-13-10-22(11-14-24)20-32-33-28(34)17-12-23-18-26(30(2,3)4)29(35)27(19-23)31(5,6)7/h8-11,13-16,18-20,35H,12,17H2,1-7H3,(H,33,34)/b32-20-. The fourth-order valence-electron chi connectivity index (χ4n) is 3.96. The Hall–Kier alpha value is -3.65. The van der Waals surface area contributed by atoms with Crippen LogP contribution in [0.4, 0.5) is 0 Å². The Morgan fingerprint density at radius 1 is 0.923 bits per heavy atom. The van der Waals surface area contributed by atoms with Crippen molar-refractivity contribution in [1.29, 1.82) is 0 Å². The minimum atomic E-state index is -3.93. The van der Waals surface area contributed by atoms with Gasteiger partial charge in [-0.25, -0.2) is 5.43 Å². The van der Waals surface area contributed by atoms with Crippen LogP contribution in [0, 0.1) is 6.92 Å². The van der Waals surface area contributed by atoms with Crippen molar-refractivity contribution in [2.24, 2.45) is 5.10 Å². The number of benzene rings is 3. The highest BCUT2D eigenvalue weighted by Gasteiger charge is 2.26. The van der Waals surface area contributed by atoms with Gasteiger partial charge in [0, 0.05) is 6.42 Å². The molecule has 0 saturated carbocycles. The third kappa shape index (κ3) is 8.17. The molecule has 0 aromatic heterocycles. The van der Waals surface area contributed by atoms with E-state index >= 15 is 0 Å². The molecule has 7 nitrogen and oxygen atoms in total. The molecule has 208 valence electrons. The number of nitrogens with one attached hydrogen (secondary N) is 1. The zero-order valence-corrected chi connectivity index (χ0v) is 24.5. The van der Waals surface area contributed by atoms with Crippen LogP contribution >= 0.6 is 0 Å². The number of amides is 1. The van der Waals surface area contributed by atoms with Crippen LogP contribution in [0.2, 0.25) is 0 Å². The van der Waals surface area contributed by atoms with Crippen molar-refractivity contribution in [2.45, 2.75) is 77.0 Å². The Morgan fingerprint density at radius 3 is 1.97 bits per heavy atom. The summed E-state index contributed by atoms with van der Waals surface area (Å²) in [5.74, 6) is 0.255. The molecule has 2 N–H and O–H groups in total. The minimum Gasteiger partial charge on any atom is -0.507 e. The van der Waals surface area contributed by atoms with E-state index in [1.54, 1.807) is 24.3 Å². The van der Waals surface area contributed by atoms with Crippen LogP contribution in [0.25, 0.3) is 0 Å². The van der Waals surface area contributed by atoms with E-state index in [1.807, 2.05) is 19.1 Å². The molecule has 0 unspecified atom stereocenters. The van der Waals surface area contributed by atoms with Gasteiger partial charge in [0.15, 0.2) is 0 Å². The molecule has 39 heavy (non-hydrogen) atoms. The lowest BCUT2D eigenvalue weighted by atomic mass is 9.78. The number of phenols is 1. The van der Waals surface area contributed by atoms with E-state index in [-0.39, 0.29) is 33.8 Å². The molecular weight excluding hydrogens is 512 g/mol. The van der Waals surface area contributed by atoms with Crippen LogP contribution in [0.15, 0.2) is 70.7 Å². The number of aryl methyl sites for hydroxylation is 2. The van der Waals surface area contributed by atoms with Crippen molar-refractivity contribution in [3.05, 3.63) is 88.5 Å². The van der Waals surface area contributed by atoms with E-state index in [4.69, 9.17) is 4.18 Å². The molecule has 3 aromatic rings. The number of carbonyl (C=O) groups excluding carboxylic acids is 1. The van der Waals surface area contributed by atoms with Crippen molar-refractivity contribution in [3.63, 3.8) is 0 Å². The van der Waals surface area contributed by atoms with Gasteiger partial charge in [-0.3, -0.25) is 4.79 Å². The Labute approximate surface area is 232 Å². The van der Waals surface area contributed by atoms with E-state index in [0.717, 1.165) is 22.3 Å². The van der Waals surface area contributed by atoms with Crippen LogP contribution in [-0.4, -0.2) is 25.6 Å². The monoisotopic (exact) mass is 550 g/mol. The number of carbonyl (C=O) groups is 1. The van der Waals surface area contributed by atoms with Gasteiger partial charge in [-0.1, -0.05) is 71.4 Å². The van der Waals surface area contributed by atoms with Crippen molar-refractivity contribution < 1.29 is 22.5 Å². The first-order chi connectivity index (χ1) is 18.1. The molecule has 0 radical (unpaired) electrons. The molecule has 1 amide bonds. The third-order valence-corrected chi connectivity index (χ3v) is 7.49. The molecule has 0 atom stereocenters. The zero-order valence-electron chi connectivity index (χ0n) is 23.7. The Morgan fingerprint density at radius 2 is 1.46 bits per heavy atom. The maximum Gasteiger partial charge on any atom is 0.339 e. The molecule has 3 aromatic carbocycles. The Bertz CT molecular complexity index is 1410. The highest BCUT2D eigenvalue weighted by molar-refractivity contribution is 7.87. The summed E-state index contributed by atoms with van der Waals surface area (Å²) in [6, 6.07) is 16.7. The van der Waals surface area contributed by atoms with Gasteiger partial charge in [0.2, 0.25) is 5.91 Å². The molecular formula is C31H38N2O5S. The molecule has 0 spiro atoms. The number of rotatable bonds is 8. The van der Waals surface area contributed by atoms with Crippen molar-refractivity contribution in [3.8, 4) is 11.5 Å². The van der Waals surface area contributed by atoms with Crippen molar-refractivity contribution in [1.82, 2.24) is 5.43 Å². The second-order valence-corrected chi connectivity index (χ2v) is 13.3. The fourth-order valence-corrected chi connectivity index (χ4v) is 4.89. The van der Waals surface area contributed by atoms with Crippen molar-refractivity contribution in [2.75, 3.05) is 0 Å². The lowest BCUT2D eigenvalue weighted by Crippen LogP contribution is -2.20. The normalized spacial score (nSPS) is 12.5. The van der Waals surface area contributed by atoms with Crippen LogP contribution < -0.4 is 9.61 Å². The first kappa shape index (κ1) is 29.9. The molecule has 0 fully saturated rings. The second-order valence-electron chi connectivity index (χ2n) is 11.8. The number of phenolic OH excluding ortho intramolecular Hbond substituents is 1. The number of hydrazone groups is 1. The number of nitrogens with zero attached hydrogens (tertiary/aromatic N) is 1. The van der Waals surface area contributed by atoms with Gasteiger partial charge in [-0.05, 0) is 82.8 Å². The highest BCUT2D eigenvalue weighted by Crippen LogP contribution is 2.40. The summed E-state index contributed by atoms with van der Waals surface area (Å²) in [5, 5.41) is 14.9. The number of hydrogen-bond acceptors (Lipinski definition) is 6. The van der Waals surface area contributed by atoms with Gasteiger partial charge in [0.05, 0.1) is 6.21 Å². The predicted molar refractivity (Wildman–Crippen MR) is 155 cm³/mol. The molecule has 0 saturated heterocycles. The summed E-state index contributed by atoms with van der Waals surface area (Å²) >= 11 is 0. The van der Waals surface area contributed by atoms with Crippen LogP contribution in [-0.2, 0) is 32.2 Å². The minimum absolute atomic E-state index is 0.0815. The Kier molecular flexibility index (Phi) is 8.91. The number of aromatic hydroxyl groups is 1. The summed E-state index contributed by atoms with van der Waals surface area (Å²) in [6.07, 6.45) is 2.22. The van der Waals surface area contributed by atoms with Crippen molar-refractivity contribution >= 4 is 22.2 Å². The van der Waals surface area contributed by atoms with Gasteiger partial charge in [0.1, 0.15) is 16.4 Å². The van der Waals surface area contributed by atoms with E-state index < -0.39 is 10.1 Å².